The van der Waals surface area contributed by atoms with E-state index >= 15 is 0 Å². The van der Waals surface area contributed by atoms with Gasteiger partial charge in [0.25, 0.3) is 5.91 Å². The molecule has 2 aromatic rings. The van der Waals surface area contributed by atoms with Crippen LogP contribution in [0.2, 0.25) is 0 Å². The standard InChI is InChI=1S/C23H33N7O4S/c1-15-13-24-21(35-15)28-20-26-17(19(31)29-8-10-33-11-9-29)12-18(27-20)25-16-6-5-7-30(14-16)22(32)34-23(2,3)4/h12-13,16H,5-11,14H2,1-4H3,(H2,24,25,26,27,28). The van der Waals surface area contributed by atoms with E-state index in [1.54, 1.807) is 22.1 Å². The third kappa shape index (κ3) is 7.01. The van der Waals surface area contributed by atoms with Gasteiger partial charge in [-0.2, -0.15) is 4.98 Å². The van der Waals surface area contributed by atoms with Gasteiger partial charge in [-0.3, -0.25) is 10.1 Å². The molecule has 2 N–H and O–H groups in total. The molecule has 0 saturated carbocycles. The molecule has 12 heteroatoms. The van der Waals surface area contributed by atoms with E-state index in [-0.39, 0.29) is 18.0 Å². The summed E-state index contributed by atoms with van der Waals surface area (Å²) in [6.07, 6.45) is 3.15. The van der Waals surface area contributed by atoms with E-state index in [1.165, 1.54) is 11.3 Å². The van der Waals surface area contributed by atoms with Crippen LogP contribution >= 0.6 is 11.3 Å². The topological polar surface area (TPSA) is 122 Å². The number of ether oxygens (including phenoxy) is 2. The van der Waals surface area contributed by atoms with Gasteiger partial charge < -0.3 is 24.6 Å². The number of nitrogens with zero attached hydrogens (tertiary/aromatic N) is 5. The molecule has 2 fully saturated rings. The van der Waals surface area contributed by atoms with E-state index in [4.69, 9.17) is 9.47 Å². The Kier molecular flexibility index (Phi) is 7.70. The molecule has 2 aromatic heterocycles. The fourth-order valence-electron chi connectivity index (χ4n) is 3.92. The Morgan fingerprint density at radius 3 is 2.63 bits per heavy atom. The van der Waals surface area contributed by atoms with Gasteiger partial charge >= 0.3 is 6.09 Å². The average Bonchev–Trinajstić information content (AvgIpc) is 3.22. The second-order valence-electron chi connectivity index (χ2n) is 9.68. The summed E-state index contributed by atoms with van der Waals surface area (Å²) in [6, 6.07) is 1.63. The first-order valence-corrected chi connectivity index (χ1v) is 12.7. The van der Waals surface area contributed by atoms with Crippen molar-refractivity contribution in [3.05, 3.63) is 22.8 Å². The highest BCUT2D eigenvalue weighted by atomic mass is 32.1. The molecule has 4 rings (SSSR count). The quantitative estimate of drug-likeness (QED) is 0.633. The third-order valence-electron chi connectivity index (χ3n) is 5.51. The summed E-state index contributed by atoms with van der Waals surface area (Å²) in [5.74, 6) is 0.639. The average molecular weight is 504 g/mol. The van der Waals surface area contributed by atoms with Crippen molar-refractivity contribution in [3.63, 3.8) is 0 Å². The first-order chi connectivity index (χ1) is 16.7. The van der Waals surface area contributed by atoms with E-state index in [0.29, 0.717) is 62.0 Å². The second kappa shape index (κ2) is 10.7. The summed E-state index contributed by atoms with van der Waals surface area (Å²) >= 11 is 1.48. The zero-order valence-electron chi connectivity index (χ0n) is 20.7. The first kappa shape index (κ1) is 25.1. The number of nitrogens with one attached hydrogen (secondary N) is 2. The van der Waals surface area contributed by atoms with Crippen LogP contribution in [0.25, 0.3) is 0 Å². The van der Waals surface area contributed by atoms with Crippen molar-refractivity contribution in [3.8, 4) is 0 Å². The lowest BCUT2D eigenvalue weighted by atomic mass is 10.1. The molecule has 2 saturated heterocycles. The SMILES string of the molecule is Cc1cnc(Nc2nc(NC3CCCN(C(=O)OC(C)(C)C)C3)cc(C(=O)N3CCOCC3)n2)s1. The Hall–Kier alpha value is -2.99. The van der Waals surface area contributed by atoms with Crippen LogP contribution in [0.3, 0.4) is 0 Å². The molecule has 0 radical (unpaired) electrons. The summed E-state index contributed by atoms with van der Waals surface area (Å²) < 4.78 is 10.9. The van der Waals surface area contributed by atoms with Gasteiger partial charge in [-0.15, -0.1) is 11.3 Å². The molecule has 0 aliphatic carbocycles. The maximum atomic E-state index is 13.2. The fraction of sp³-hybridized carbons (Fsp3) is 0.609. The number of piperidine rings is 1. The van der Waals surface area contributed by atoms with Crippen LogP contribution < -0.4 is 10.6 Å². The molecule has 2 aliphatic rings. The van der Waals surface area contributed by atoms with Gasteiger partial charge in [0, 0.05) is 49.4 Å². The van der Waals surface area contributed by atoms with Crippen molar-refractivity contribution in [1.82, 2.24) is 24.8 Å². The normalized spacial score (nSPS) is 18.8. The number of carbonyl (C=O) groups excluding carboxylic acids is 2. The van der Waals surface area contributed by atoms with Crippen LogP contribution in [-0.4, -0.2) is 87.8 Å². The number of thiazole rings is 1. The minimum absolute atomic E-state index is 0.0348. The van der Waals surface area contributed by atoms with E-state index in [9.17, 15) is 9.59 Å². The number of aromatic nitrogens is 3. The summed E-state index contributed by atoms with van der Waals surface area (Å²) in [4.78, 5) is 43.6. The van der Waals surface area contributed by atoms with Gasteiger partial charge in [0.2, 0.25) is 5.95 Å². The summed E-state index contributed by atoms with van der Waals surface area (Å²) in [5, 5.41) is 7.17. The Morgan fingerprint density at radius 2 is 1.94 bits per heavy atom. The van der Waals surface area contributed by atoms with E-state index in [0.717, 1.165) is 17.7 Å². The fourth-order valence-corrected chi connectivity index (χ4v) is 4.58. The monoisotopic (exact) mass is 503 g/mol. The molecule has 2 aliphatic heterocycles. The Labute approximate surface area is 209 Å². The van der Waals surface area contributed by atoms with Crippen LogP contribution in [-0.2, 0) is 9.47 Å². The minimum atomic E-state index is -0.548. The second-order valence-corrected chi connectivity index (χ2v) is 10.9. The van der Waals surface area contributed by atoms with E-state index < -0.39 is 5.60 Å². The summed E-state index contributed by atoms with van der Waals surface area (Å²) in [5.41, 5.74) is -0.256. The molecule has 35 heavy (non-hydrogen) atoms. The van der Waals surface area contributed by atoms with Gasteiger partial charge in [-0.25, -0.2) is 14.8 Å². The number of anilines is 3. The van der Waals surface area contributed by atoms with Gasteiger partial charge in [0.15, 0.2) is 5.13 Å². The van der Waals surface area contributed by atoms with Crippen molar-refractivity contribution < 1.29 is 19.1 Å². The van der Waals surface area contributed by atoms with E-state index in [1.807, 2.05) is 27.7 Å². The predicted molar refractivity (Wildman–Crippen MR) is 133 cm³/mol. The number of likely N-dealkylation sites (tertiary alicyclic amines) is 1. The highest BCUT2D eigenvalue weighted by Crippen LogP contribution is 2.23. The van der Waals surface area contributed by atoms with Crippen molar-refractivity contribution in [2.24, 2.45) is 0 Å². The lowest BCUT2D eigenvalue weighted by molar-refractivity contribution is 0.0206. The van der Waals surface area contributed by atoms with Crippen molar-refractivity contribution >= 4 is 40.2 Å². The highest BCUT2D eigenvalue weighted by molar-refractivity contribution is 7.15. The molecule has 0 aromatic carbocycles. The van der Waals surface area contributed by atoms with Crippen LogP contribution in [0.15, 0.2) is 12.3 Å². The molecule has 4 heterocycles. The Balaban J connectivity index is 1.52. The molecule has 11 nitrogen and oxygen atoms in total. The van der Waals surface area contributed by atoms with Gasteiger partial charge in [-0.1, -0.05) is 0 Å². The smallest absolute Gasteiger partial charge is 0.410 e. The minimum Gasteiger partial charge on any atom is -0.444 e. The number of hydrogen-bond donors (Lipinski definition) is 2. The molecule has 0 bridgehead atoms. The molecule has 1 unspecified atom stereocenters. The molecule has 1 atom stereocenters. The summed E-state index contributed by atoms with van der Waals surface area (Å²) in [6.45, 7) is 10.7. The van der Waals surface area contributed by atoms with Crippen LogP contribution in [0.1, 0.15) is 49.0 Å². The van der Waals surface area contributed by atoms with Crippen molar-refractivity contribution in [2.45, 2.75) is 52.2 Å². The molecule has 2 amide bonds. The zero-order valence-corrected chi connectivity index (χ0v) is 21.5. The third-order valence-corrected chi connectivity index (χ3v) is 6.34. The molecular weight excluding hydrogens is 470 g/mol. The maximum absolute atomic E-state index is 13.2. The Morgan fingerprint density at radius 1 is 1.17 bits per heavy atom. The van der Waals surface area contributed by atoms with Crippen molar-refractivity contribution in [2.75, 3.05) is 50.0 Å². The number of hydrogen-bond acceptors (Lipinski definition) is 10. The number of aryl methyl sites for hydroxylation is 1. The number of morpholine rings is 1. The van der Waals surface area contributed by atoms with Crippen LogP contribution in [0.5, 0.6) is 0 Å². The van der Waals surface area contributed by atoms with Gasteiger partial charge in [0.05, 0.1) is 13.2 Å². The highest BCUT2D eigenvalue weighted by Gasteiger charge is 2.28. The number of amides is 2. The molecule has 190 valence electrons. The largest absolute Gasteiger partial charge is 0.444 e. The number of rotatable bonds is 5. The van der Waals surface area contributed by atoms with Gasteiger partial charge in [-0.05, 0) is 40.5 Å². The number of carbonyl (C=O) groups is 2. The molecular formula is C23H33N7O4S. The van der Waals surface area contributed by atoms with Gasteiger partial charge in [0.1, 0.15) is 17.1 Å². The lowest BCUT2D eigenvalue weighted by Crippen LogP contribution is -2.47. The van der Waals surface area contributed by atoms with Crippen LogP contribution in [0, 0.1) is 6.92 Å². The zero-order chi connectivity index (χ0) is 25.0. The maximum Gasteiger partial charge on any atom is 0.410 e. The summed E-state index contributed by atoms with van der Waals surface area (Å²) in [7, 11) is 0. The van der Waals surface area contributed by atoms with Crippen LogP contribution in [0.4, 0.5) is 21.7 Å². The predicted octanol–water partition coefficient (Wildman–Crippen LogP) is 3.27. The Bertz CT molecular complexity index is 1050. The molecule has 0 spiro atoms. The lowest BCUT2D eigenvalue weighted by Gasteiger charge is -2.34. The van der Waals surface area contributed by atoms with E-state index in [2.05, 4.69) is 25.6 Å². The van der Waals surface area contributed by atoms with Crippen molar-refractivity contribution in [1.29, 1.82) is 0 Å². The first-order valence-electron chi connectivity index (χ1n) is 11.9.